The summed E-state index contributed by atoms with van der Waals surface area (Å²) in [6, 6.07) is 4.66. The van der Waals surface area contributed by atoms with E-state index in [4.69, 9.17) is 11.0 Å². The van der Waals surface area contributed by atoms with Gasteiger partial charge in [0.2, 0.25) is 0 Å². The molecular formula is C15H12BrN3O5. The molecule has 124 valence electrons. The fraction of sp³-hybridized carbons (Fsp3) is 0.133. The molecule has 1 aromatic heterocycles. The Kier molecular flexibility index (Phi) is 4.80. The Labute approximate surface area is 145 Å². The predicted molar refractivity (Wildman–Crippen MR) is 86.9 cm³/mol. The van der Waals surface area contributed by atoms with Crippen molar-refractivity contribution in [3.63, 3.8) is 0 Å². The van der Waals surface area contributed by atoms with Crippen molar-refractivity contribution in [2.75, 3.05) is 20.0 Å². The molecule has 1 aromatic carbocycles. The van der Waals surface area contributed by atoms with Crippen molar-refractivity contribution < 1.29 is 24.2 Å². The number of phenolic OH excluding ortho intramolecular Hbond substituents is 1. The maximum atomic E-state index is 12.0. The lowest BCUT2D eigenvalue weighted by Gasteiger charge is -2.13. The number of nitrogens with zero attached hydrogens (tertiary/aromatic N) is 2. The van der Waals surface area contributed by atoms with Crippen molar-refractivity contribution >= 4 is 33.6 Å². The van der Waals surface area contributed by atoms with Crippen LogP contribution in [0.25, 0.3) is 5.69 Å². The second-order valence-corrected chi connectivity index (χ2v) is 5.36. The van der Waals surface area contributed by atoms with E-state index in [0.29, 0.717) is 0 Å². The molecule has 9 heteroatoms. The number of nitriles is 1. The molecule has 1 heterocycles. The van der Waals surface area contributed by atoms with Crippen LogP contribution in [0.15, 0.2) is 22.8 Å². The molecule has 0 atom stereocenters. The Hall–Kier alpha value is -2.99. The molecule has 24 heavy (non-hydrogen) atoms. The van der Waals surface area contributed by atoms with Crippen molar-refractivity contribution in [1.29, 1.82) is 5.26 Å². The van der Waals surface area contributed by atoms with Gasteiger partial charge in [0, 0.05) is 6.20 Å². The highest BCUT2D eigenvalue weighted by molar-refractivity contribution is 9.10. The number of methoxy groups -OCH3 is 2. The first-order valence-electron chi connectivity index (χ1n) is 6.46. The fourth-order valence-corrected chi connectivity index (χ4v) is 2.66. The lowest BCUT2D eigenvalue weighted by atomic mass is 10.1. The first-order valence-corrected chi connectivity index (χ1v) is 7.26. The highest BCUT2D eigenvalue weighted by atomic mass is 79.9. The van der Waals surface area contributed by atoms with E-state index in [0.717, 1.165) is 0 Å². The predicted octanol–water partition coefficient (Wildman–Crippen LogP) is 1.97. The molecule has 3 N–H and O–H groups in total. The van der Waals surface area contributed by atoms with E-state index in [2.05, 4.69) is 25.4 Å². The number of esters is 2. The van der Waals surface area contributed by atoms with Crippen LogP contribution in [0, 0.1) is 11.3 Å². The third kappa shape index (κ3) is 2.68. The minimum absolute atomic E-state index is 0.0483. The Morgan fingerprint density at radius 1 is 1.29 bits per heavy atom. The molecule has 0 spiro atoms. The van der Waals surface area contributed by atoms with E-state index in [1.54, 1.807) is 0 Å². The van der Waals surface area contributed by atoms with E-state index in [1.807, 2.05) is 6.07 Å². The number of rotatable bonds is 3. The van der Waals surface area contributed by atoms with Gasteiger partial charge in [0.1, 0.15) is 17.4 Å². The van der Waals surface area contributed by atoms with Crippen LogP contribution >= 0.6 is 15.9 Å². The number of benzene rings is 1. The average Bonchev–Trinajstić information content (AvgIpc) is 2.92. The normalized spacial score (nSPS) is 10.1. The van der Waals surface area contributed by atoms with Crippen LogP contribution in [0.5, 0.6) is 5.75 Å². The van der Waals surface area contributed by atoms with Gasteiger partial charge < -0.3 is 24.9 Å². The molecule has 0 bridgehead atoms. The summed E-state index contributed by atoms with van der Waals surface area (Å²) in [5.74, 6) is -1.85. The van der Waals surface area contributed by atoms with E-state index in [-0.39, 0.29) is 38.4 Å². The summed E-state index contributed by atoms with van der Waals surface area (Å²) in [4.78, 5) is 23.6. The number of ether oxygens (including phenoxy) is 2. The van der Waals surface area contributed by atoms with Gasteiger partial charge in [0.25, 0.3) is 0 Å². The van der Waals surface area contributed by atoms with Crippen molar-refractivity contribution in [3.05, 3.63) is 39.6 Å². The van der Waals surface area contributed by atoms with E-state index in [9.17, 15) is 14.7 Å². The van der Waals surface area contributed by atoms with Crippen LogP contribution < -0.4 is 5.73 Å². The Morgan fingerprint density at radius 3 is 2.46 bits per heavy atom. The highest BCUT2D eigenvalue weighted by Crippen LogP contribution is 2.36. The number of phenols is 1. The summed E-state index contributed by atoms with van der Waals surface area (Å²) in [5, 5.41) is 19.3. The standard InChI is InChI=1S/C15H12BrN3O5/c1-23-14(21)8-3-4-9(10(16)13(8)20)19-6-7(5-17)11(18)12(19)15(22)24-2/h3-4,6,20H,18H2,1-2H3. The van der Waals surface area contributed by atoms with Gasteiger partial charge >= 0.3 is 11.9 Å². The summed E-state index contributed by atoms with van der Waals surface area (Å²) >= 11 is 3.17. The van der Waals surface area contributed by atoms with Crippen LogP contribution in [0.3, 0.4) is 0 Å². The van der Waals surface area contributed by atoms with Crippen molar-refractivity contribution in [3.8, 4) is 17.5 Å². The molecule has 0 aliphatic heterocycles. The van der Waals surface area contributed by atoms with Gasteiger partial charge in [-0.2, -0.15) is 5.26 Å². The smallest absolute Gasteiger partial charge is 0.357 e. The molecule has 8 nitrogen and oxygen atoms in total. The van der Waals surface area contributed by atoms with E-state index >= 15 is 0 Å². The Morgan fingerprint density at radius 2 is 1.92 bits per heavy atom. The summed E-state index contributed by atoms with van der Waals surface area (Å²) < 4.78 is 10.7. The number of carbonyl (C=O) groups excluding carboxylic acids is 2. The molecule has 0 amide bonds. The van der Waals surface area contributed by atoms with Gasteiger partial charge in [-0.3, -0.25) is 0 Å². The fourth-order valence-electron chi connectivity index (χ4n) is 2.12. The summed E-state index contributed by atoms with van der Waals surface area (Å²) in [6.45, 7) is 0. The lowest BCUT2D eigenvalue weighted by Crippen LogP contribution is -2.12. The molecule has 0 radical (unpaired) electrons. The van der Waals surface area contributed by atoms with Gasteiger partial charge in [0.15, 0.2) is 5.69 Å². The lowest BCUT2D eigenvalue weighted by molar-refractivity contribution is 0.0584. The number of aromatic hydroxyl groups is 1. The van der Waals surface area contributed by atoms with E-state index < -0.39 is 11.9 Å². The topological polar surface area (TPSA) is 128 Å². The van der Waals surface area contributed by atoms with Crippen molar-refractivity contribution in [2.45, 2.75) is 0 Å². The maximum Gasteiger partial charge on any atom is 0.357 e. The molecule has 0 aliphatic rings. The monoisotopic (exact) mass is 393 g/mol. The first-order chi connectivity index (χ1) is 11.4. The highest BCUT2D eigenvalue weighted by Gasteiger charge is 2.25. The van der Waals surface area contributed by atoms with Crippen LogP contribution in [0.1, 0.15) is 26.4 Å². The molecule has 2 aromatic rings. The third-order valence-electron chi connectivity index (χ3n) is 3.30. The average molecular weight is 394 g/mol. The quantitative estimate of drug-likeness (QED) is 0.762. The number of hydrogen-bond donors (Lipinski definition) is 2. The van der Waals surface area contributed by atoms with Crippen LogP contribution in [0.2, 0.25) is 0 Å². The third-order valence-corrected chi connectivity index (χ3v) is 4.09. The SMILES string of the molecule is COC(=O)c1ccc(-n2cc(C#N)c(N)c2C(=O)OC)c(Br)c1O. The van der Waals surface area contributed by atoms with Gasteiger partial charge in [-0.05, 0) is 28.1 Å². The molecular weight excluding hydrogens is 382 g/mol. The van der Waals surface area contributed by atoms with E-state index in [1.165, 1.54) is 37.1 Å². The molecule has 0 saturated heterocycles. The summed E-state index contributed by atoms with van der Waals surface area (Å²) in [7, 11) is 2.36. The van der Waals surface area contributed by atoms with Crippen LogP contribution in [-0.2, 0) is 9.47 Å². The molecule has 0 unspecified atom stereocenters. The van der Waals surface area contributed by atoms with Gasteiger partial charge in [0.05, 0.1) is 35.6 Å². The van der Waals surface area contributed by atoms with Gasteiger partial charge in [-0.25, -0.2) is 9.59 Å². The number of anilines is 1. The molecule has 2 rings (SSSR count). The number of aromatic nitrogens is 1. The van der Waals surface area contributed by atoms with Crippen LogP contribution in [-0.4, -0.2) is 35.8 Å². The van der Waals surface area contributed by atoms with Crippen molar-refractivity contribution in [1.82, 2.24) is 4.57 Å². The number of halogens is 1. The minimum atomic E-state index is -0.752. The van der Waals surface area contributed by atoms with Gasteiger partial charge in [-0.1, -0.05) is 0 Å². The number of nitrogen functional groups attached to an aromatic ring is 1. The number of nitrogens with two attached hydrogens (primary N) is 1. The maximum absolute atomic E-state index is 12.0. The number of hydrogen-bond acceptors (Lipinski definition) is 7. The first kappa shape index (κ1) is 17.4. The number of carbonyl (C=O) groups is 2. The van der Waals surface area contributed by atoms with Crippen LogP contribution in [0.4, 0.5) is 5.69 Å². The summed E-state index contributed by atoms with van der Waals surface area (Å²) in [5.41, 5.74) is 5.99. The zero-order valence-corrected chi connectivity index (χ0v) is 14.2. The van der Waals surface area contributed by atoms with Gasteiger partial charge in [-0.15, -0.1) is 0 Å². The molecule has 0 aliphatic carbocycles. The molecule has 0 saturated carbocycles. The summed E-state index contributed by atoms with van der Waals surface area (Å²) in [6.07, 6.45) is 1.33. The zero-order valence-electron chi connectivity index (χ0n) is 12.7. The van der Waals surface area contributed by atoms with Crippen molar-refractivity contribution in [2.24, 2.45) is 0 Å². The Bertz CT molecular complexity index is 882. The zero-order chi connectivity index (χ0) is 18.0. The second kappa shape index (κ2) is 6.64. The molecule has 0 fully saturated rings. The Balaban J connectivity index is 2.74. The largest absolute Gasteiger partial charge is 0.506 e. The minimum Gasteiger partial charge on any atom is -0.506 e. The second-order valence-electron chi connectivity index (χ2n) is 4.56.